The SMILES string of the molecule is OC(COc1ccc(F)cc1)C1CCCC1. The van der Waals surface area contributed by atoms with Crippen molar-refractivity contribution in [3.05, 3.63) is 30.1 Å². The topological polar surface area (TPSA) is 29.5 Å². The van der Waals surface area contributed by atoms with Gasteiger partial charge < -0.3 is 9.84 Å². The van der Waals surface area contributed by atoms with E-state index in [1.54, 1.807) is 12.1 Å². The first-order valence-corrected chi connectivity index (χ1v) is 5.82. The fourth-order valence-corrected chi connectivity index (χ4v) is 2.19. The average molecular weight is 224 g/mol. The van der Waals surface area contributed by atoms with Crippen molar-refractivity contribution >= 4 is 0 Å². The maximum absolute atomic E-state index is 12.6. The van der Waals surface area contributed by atoms with Gasteiger partial charge in [0.25, 0.3) is 0 Å². The molecular weight excluding hydrogens is 207 g/mol. The molecule has 1 aliphatic carbocycles. The summed E-state index contributed by atoms with van der Waals surface area (Å²) in [4.78, 5) is 0. The number of ether oxygens (including phenoxy) is 1. The highest BCUT2D eigenvalue weighted by molar-refractivity contribution is 5.22. The van der Waals surface area contributed by atoms with Crippen molar-refractivity contribution in [2.75, 3.05) is 6.61 Å². The molecule has 0 amide bonds. The van der Waals surface area contributed by atoms with Gasteiger partial charge in [-0.25, -0.2) is 4.39 Å². The van der Waals surface area contributed by atoms with Crippen molar-refractivity contribution in [2.45, 2.75) is 31.8 Å². The molecule has 2 rings (SSSR count). The van der Waals surface area contributed by atoms with E-state index in [1.807, 2.05) is 0 Å². The summed E-state index contributed by atoms with van der Waals surface area (Å²) in [7, 11) is 0. The maximum Gasteiger partial charge on any atom is 0.123 e. The first-order chi connectivity index (χ1) is 7.75. The summed E-state index contributed by atoms with van der Waals surface area (Å²) in [5.74, 6) is 0.711. The van der Waals surface area contributed by atoms with E-state index in [1.165, 1.54) is 25.0 Å². The third-order valence-electron chi connectivity index (χ3n) is 3.18. The number of rotatable bonds is 4. The van der Waals surface area contributed by atoms with Crippen LogP contribution in [0.2, 0.25) is 0 Å². The molecular formula is C13H17FO2. The Balaban J connectivity index is 1.80. The van der Waals surface area contributed by atoms with Crippen LogP contribution in [0.4, 0.5) is 4.39 Å². The molecule has 0 heterocycles. The van der Waals surface area contributed by atoms with Gasteiger partial charge in [0.15, 0.2) is 0 Å². The Labute approximate surface area is 95.1 Å². The Hall–Kier alpha value is -1.09. The summed E-state index contributed by atoms with van der Waals surface area (Å²) in [5, 5.41) is 9.87. The van der Waals surface area contributed by atoms with Crippen molar-refractivity contribution in [1.29, 1.82) is 0 Å². The molecule has 0 saturated heterocycles. The van der Waals surface area contributed by atoms with Gasteiger partial charge in [0.1, 0.15) is 18.2 Å². The van der Waals surface area contributed by atoms with Crippen molar-refractivity contribution in [3.8, 4) is 5.75 Å². The smallest absolute Gasteiger partial charge is 0.123 e. The van der Waals surface area contributed by atoms with E-state index in [-0.39, 0.29) is 5.82 Å². The van der Waals surface area contributed by atoms with Crippen molar-refractivity contribution in [2.24, 2.45) is 5.92 Å². The normalized spacial score (nSPS) is 18.6. The van der Waals surface area contributed by atoms with Crippen LogP contribution in [0.5, 0.6) is 5.75 Å². The lowest BCUT2D eigenvalue weighted by Crippen LogP contribution is -2.25. The Morgan fingerprint density at radius 1 is 1.25 bits per heavy atom. The average Bonchev–Trinajstić information content (AvgIpc) is 2.81. The molecule has 1 unspecified atom stereocenters. The highest BCUT2D eigenvalue weighted by Gasteiger charge is 2.23. The third kappa shape index (κ3) is 2.95. The predicted molar refractivity (Wildman–Crippen MR) is 59.9 cm³/mol. The molecule has 16 heavy (non-hydrogen) atoms. The molecule has 1 aromatic rings. The van der Waals surface area contributed by atoms with Crippen LogP contribution >= 0.6 is 0 Å². The number of hydrogen-bond donors (Lipinski definition) is 1. The van der Waals surface area contributed by atoms with Crippen molar-refractivity contribution in [1.82, 2.24) is 0 Å². The lowest BCUT2D eigenvalue weighted by Gasteiger charge is -2.18. The third-order valence-corrected chi connectivity index (χ3v) is 3.18. The van der Waals surface area contributed by atoms with Crippen LogP contribution in [-0.2, 0) is 0 Å². The number of aliphatic hydroxyl groups excluding tert-OH is 1. The largest absolute Gasteiger partial charge is 0.491 e. The number of hydrogen-bond acceptors (Lipinski definition) is 2. The van der Waals surface area contributed by atoms with Crippen molar-refractivity contribution < 1.29 is 14.2 Å². The summed E-state index contributed by atoms with van der Waals surface area (Å²) in [6.07, 6.45) is 4.20. The number of halogens is 1. The van der Waals surface area contributed by atoms with E-state index in [9.17, 15) is 9.50 Å². The van der Waals surface area contributed by atoms with E-state index in [4.69, 9.17) is 4.74 Å². The van der Waals surface area contributed by atoms with Gasteiger partial charge >= 0.3 is 0 Å². The van der Waals surface area contributed by atoms with Crippen LogP contribution in [0.15, 0.2) is 24.3 Å². The van der Waals surface area contributed by atoms with Gasteiger partial charge in [-0.05, 0) is 43.0 Å². The van der Waals surface area contributed by atoms with Gasteiger partial charge in [-0.3, -0.25) is 0 Å². The molecule has 3 heteroatoms. The van der Waals surface area contributed by atoms with Crippen LogP contribution in [0, 0.1) is 11.7 Å². The molecule has 1 atom stereocenters. The molecule has 1 saturated carbocycles. The lowest BCUT2D eigenvalue weighted by molar-refractivity contribution is 0.0593. The van der Waals surface area contributed by atoms with Crippen LogP contribution in [-0.4, -0.2) is 17.8 Å². The second-order valence-corrected chi connectivity index (χ2v) is 4.38. The van der Waals surface area contributed by atoms with Crippen LogP contribution < -0.4 is 4.74 Å². The fourth-order valence-electron chi connectivity index (χ4n) is 2.19. The molecule has 0 aliphatic heterocycles. The van der Waals surface area contributed by atoms with Gasteiger partial charge in [-0.1, -0.05) is 12.8 Å². The fraction of sp³-hybridized carbons (Fsp3) is 0.538. The molecule has 1 aliphatic rings. The van der Waals surface area contributed by atoms with Gasteiger partial charge in [-0.2, -0.15) is 0 Å². The van der Waals surface area contributed by atoms with Crippen LogP contribution in [0.1, 0.15) is 25.7 Å². The van der Waals surface area contributed by atoms with E-state index < -0.39 is 6.10 Å². The summed E-state index contributed by atoms with van der Waals surface area (Å²) in [5.41, 5.74) is 0. The van der Waals surface area contributed by atoms with Gasteiger partial charge in [0.2, 0.25) is 0 Å². The van der Waals surface area contributed by atoms with Crippen molar-refractivity contribution in [3.63, 3.8) is 0 Å². The first kappa shape index (κ1) is 11.4. The standard InChI is InChI=1S/C13H17FO2/c14-11-5-7-12(8-6-11)16-9-13(15)10-3-1-2-4-10/h5-8,10,13,15H,1-4,9H2. The molecule has 0 aromatic heterocycles. The quantitative estimate of drug-likeness (QED) is 0.852. The monoisotopic (exact) mass is 224 g/mol. The van der Waals surface area contributed by atoms with Crippen LogP contribution in [0.3, 0.4) is 0 Å². The zero-order valence-corrected chi connectivity index (χ0v) is 9.23. The second-order valence-electron chi connectivity index (χ2n) is 4.38. The van der Waals surface area contributed by atoms with Crippen LogP contribution in [0.25, 0.3) is 0 Å². The molecule has 88 valence electrons. The first-order valence-electron chi connectivity index (χ1n) is 5.82. The molecule has 0 radical (unpaired) electrons. The highest BCUT2D eigenvalue weighted by atomic mass is 19.1. The summed E-state index contributed by atoms with van der Waals surface area (Å²) >= 11 is 0. The highest BCUT2D eigenvalue weighted by Crippen LogP contribution is 2.28. The molecule has 2 nitrogen and oxygen atoms in total. The Bertz CT molecular complexity index is 317. The zero-order chi connectivity index (χ0) is 11.4. The second kappa shape index (κ2) is 5.30. The van der Waals surface area contributed by atoms with Gasteiger partial charge in [0.05, 0.1) is 6.10 Å². The summed E-state index contributed by atoms with van der Waals surface area (Å²) in [6, 6.07) is 5.88. The maximum atomic E-state index is 12.6. The van der Waals surface area contributed by atoms with E-state index in [2.05, 4.69) is 0 Å². The lowest BCUT2D eigenvalue weighted by atomic mass is 10.0. The number of benzene rings is 1. The van der Waals surface area contributed by atoms with E-state index in [0.717, 1.165) is 12.8 Å². The minimum absolute atomic E-state index is 0.274. The minimum atomic E-state index is -0.396. The summed E-state index contributed by atoms with van der Waals surface area (Å²) in [6.45, 7) is 0.302. The van der Waals surface area contributed by atoms with E-state index in [0.29, 0.717) is 18.3 Å². The zero-order valence-electron chi connectivity index (χ0n) is 9.23. The predicted octanol–water partition coefficient (Wildman–Crippen LogP) is 2.76. The molecule has 0 spiro atoms. The Kier molecular flexibility index (Phi) is 3.78. The Morgan fingerprint density at radius 3 is 2.50 bits per heavy atom. The Morgan fingerprint density at radius 2 is 1.88 bits per heavy atom. The summed E-state index contributed by atoms with van der Waals surface area (Å²) < 4.78 is 18.0. The van der Waals surface area contributed by atoms with Gasteiger partial charge in [-0.15, -0.1) is 0 Å². The molecule has 1 aromatic carbocycles. The van der Waals surface area contributed by atoms with Gasteiger partial charge in [0, 0.05) is 0 Å². The number of aliphatic hydroxyl groups is 1. The molecule has 0 bridgehead atoms. The minimum Gasteiger partial charge on any atom is -0.491 e. The molecule has 1 N–H and O–H groups in total. The molecule has 1 fully saturated rings. The van der Waals surface area contributed by atoms with E-state index >= 15 is 0 Å².